The first-order chi connectivity index (χ1) is 6.52. The van der Waals surface area contributed by atoms with Gasteiger partial charge in [-0.1, -0.05) is 6.07 Å². The molecule has 0 aromatic heterocycles. The summed E-state index contributed by atoms with van der Waals surface area (Å²) in [6.07, 6.45) is -0.673. The molecule has 0 radical (unpaired) electrons. The van der Waals surface area contributed by atoms with E-state index < -0.39 is 12.0 Å². The molecule has 0 aliphatic rings. The maximum absolute atomic E-state index is 10.8. The number of nitrogen functional groups attached to an aromatic ring is 1. The molecule has 1 amide bonds. The molecule has 4 N–H and O–H groups in total. The summed E-state index contributed by atoms with van der Waals surface area (Å²) in [5.74, 6) is -0.00405. The summed E-state index contributed by atoms with van der Waals surface area (Å²) >= 11 is 3.26. The largest absolute Gasteiger partial charge is 0.480 e. The van der Waals surface area contributed by atoms with Gasteiger partial charge >= 0.3 is 0 Å². The minimum Gasteiger partial charge on any atom is -0.480 e. The average Bonchev–Trinajstić information content (AvgIpc) is 2.12. The second-order valence-corrected chi connectivity index (χ2v) is 3.61. The van der Waals surface area contributed by atoms with Crippen LogP contribution in [-0.2, 0) is 4.79 Å². The molecule has 1 atom stereocenters. The topological polar surface area (TPSA) is 78.3 Å². The molecule has 1 aromatic rings. The SMILES string of the molecule is CC(Oc1cccc(N)c1Br)C(N)=O. The quantitative estimate of drug-likeness (QED) is 0.802. The summed E-state index contributed by atoms with van der Waals surface area (Å²) in [7, 11) is 0. The number of primary amides is 1. The molecule has 14 heavy (non-hydrogen) atoms. The fraction of sp³-hybridized carbons (Fsp3) is 0.222. The third kappa shape index (κ3) is 2.38. The molecule has 0 heterocycles. The van der Waals surface area contributed by atoms with Gasteiger partial charge < -0.3 is 16.2 Å². The molecule has 0 saturated heterocycles. The second-order valence-electron chi connectivity index (χ2n) is 2.82. The third-order valence-corrected chi connectivity index (χ3v) is 2.55. The molecule has 1 unspecified atom stereocenters. The Hall–Kier alpha value is -1.23. The highest BCUT2D eigenvalue weighted by Gasteiger charge is 2.12. The summed E-state index contributed by atoms with van der Waals surface area (Å²) in [5.41, 5.74) is 11.2. The van der Waals surface area contributed by atoms with E-state index in [1.165, 1.54) is 0 Å². The summed E-state index contributed by atoms with van der Waals surface area (Å²) < 4.78 is 5.92. The van der Waals surface area contributed by atoms with Gasteiger partial charge in [0.25, 0.3) is 5.91 Å². The van der Waals surface area contributed by atoms with Gasteiger partial charge in [0.1, 0.15) is 5.75 Å². The number of nitrogens with two attached hydrogens (primary N) is 2. The lowest BCUT2D eigenvalue weighted by atomic mass is 10.3. The number of carbonyl (C=O) groups excluding carboxylic acids is 1. The highest BCUT2D eigenvalue weighted by molar-refractivity contribution is 9.10. The average molecular weight is 259 g/mol. The Morgan fingerprint density at radius 1 is 1.57 bits per heavy atom. The Bertz CT molecular complexity index is 355. The van der Waals surface area contributed by atoms with Crippen LogP contribution in [0.2, 0.25) is 0 Å². The molecule has 76 valence electrons. The summed E-state index contributed by atoms with van der Waals surface area (Å²) in [6, 6.07) is 5.18. The van der Waals surface area contributed by atoms with Crippen molar-refractivity contribution >= 4 is 27.5 Å². The van der Waals surface area contributed by atoms with Gasteiger partial charge in [-0.2, -0.15) is 0 Å². The van der Waals surface area contributed by atoms with Gasteiger partial charge in [-0.3, -0.25) is 4.79 Å². The first kappa shape index (κ1) is 10.8. The van der Waals surface area contributed by atoms with Gasteiger partial charge in [0.2, 0.25) is 0 Å². The van der Waals surface area contributed by atoms with Gasteiger partial charge in [-0.15, -0.1) is 0 Å². The first-order valence-electron chi connectivity index (χ1n) is 4.02. The van der Waals surface area contributed by atoms with E-state index in [1.54, 1.807) is 25.1 Å². The van der Waals surface area contributed by atoms with Crippen molar-refractivity contribution in [1.82, 2.24) is 0 Å². The smallest absolute Gasteiger partial charge is 0.258 e. The van der Waals surface area contributed by atoms with Gasteiger partial charge in [0.05, 0.1) is 4.47 Å². The van der Waals surface area contributed by atoms with Crippen LogP contribution < -0.4 is 16.2 Å². The lowest BCUT2D eigenvalue weighted by molar-refractivity contribution is -0.124. The molecule has 1 rings (SSSR count). The minimum atomic E-state index is -0.673. The maximum Gasteiger partial charge on any atom is 0.258 e. The number of carbonyl (C=O) groups is 1. The van der Waals surface area contributed by atoms with Crippen molar-refractivity contribution in [2.75, 3.05) is 5.73 Å². The fourth-order valence-corrected chi connectivity index (χ4v) is 1.23. The molecule has 0 aliphatic carbocycles. The molecule has 0 bridgehead atoms. The molecule has 4 nitrogen and oxygen atoms in total. The van der Waals surface area contributed by atoms with Crippen molar-refractivity contribution in [2.24, 2.45) is 5.73 Å². The van der Waals surface area contributed by atoms with E-state index in [2.05, 4.69) is 15.9 Å². The molecule has 0 fully saturated rings. The predicted octanol–water partition coefficient (Wildman–Crippen LogP) is 1.28. The van der Waals surface area contributed by atoms with Crippen molar-refractivity contribution in [3.05, 3.63) is 22.7 Å². The Balaban J connectivity index is 2.87. The third-order valence-electron chi connectivity index (χ3n) is 1.70. The highest BCUT2D eigenvalue weighted by Crippen LogP contribution is 2.30. The lowest BCUT2D eigenvalue weighted by Gasteiger charge is -2.13. The van der Waals surface area contributed by atoms with Crippen molar-refractivity contribution in [3.63, 3.8) is 0 Å². The number of hydrogen-bond donors (Lipinski definition) is 2. The summed E-state index contributed by atoms with van der Waals surface area (Å²) in [6.45, 7) is 1.58. The van der Waals surface area contributed by atoms with Crippen LogP contribution in [0.5, 0.6) is 5.75 Å². The molecular weight excluding hydrogens is 248 g/mol. The van der Waals surface area contributed by atoms with Gasteiger partial charge in [0, 0.05) is 5.69 Å². The number of ether oxygens (including phenoxy) is 1. The number of amides is 1. The molecule has 0 spiro atoms. The summed E-state index contributed by atoms with van der Waals surface area (Å²) in [4.78, 5) is 10.8. The fourth-order valence-electron chi connectivity index (χ4n) is 0.867. The molecule has 1 aromatic carbocycles. The van der Waals surface area contributed by atoms with Crippen LogP contribution in [-0.4, -0.2) is 12.0 Å². The van der Waals surface area contributed by atoms with E-state index in [0.717, 1.165) is 0 Å². The molecular formula is C9H11BrN2O2. The van der Waals surface area contributed by atoms with Crippen LogP contribution in [0.25, 0.3) is 0 Å². The van der Waals surface area contributed by atoms with Crippen LogP contribution >= 0.6 is 15.9 Å². The zero-order chi connectivity index (χ0) is 10.7. The second kappa shape index (κ2) is 4.32. The number of hydrogen-bond acceptors (Lipinski definition) is 3. The van der Waals surface area contributed by atoms with Crippen LogP contribution in [0.4, 0.5) is 5.69 Å². The Kier molecular flexibility index (Phi) is 3.35. The minimum absolute atomic E-state index is 0.510. The molecule has 0 aliphatic heterocycles. The number of rotatable bonds is 3. The maximum atomic E-state index is 10.8. The van der Waals surface area contributed by atoms with E-state index in [1.807, 2.05) is 0 Å². The zero-order valence-corrected chi connectivity index (χ0v) is 9.24. The standard InChI is InChI=1S/C9H11BrN2O2/c1-5(9(12)13)14-7-4-2-3-6(11)8(7)10/h2-5H,11H2,1H3,(H2,12,13). The van der Waals surface area contributed by atoms with Gasteiger partial charge in [-0.25, -0.2) is 0 Å². The van der Waals surface area contributed by atoms with Crippen molar-refractivity contribution in [1.29, 1.82) is 0 Å². The van der Waals surface area contributed by atoms with Crippen LogP contribution in [0.1, 0.15) is 6.92 Å². The van der Waals surface area contributed by atoms with E-state index in [4.69, 9.17) is 16.2 Å². The Labute approximate surface area is 90.3 Å². The van der Waals surface area contributed by atoms with Gasteiger partial charge in [0.15, 0.2) is 6.10 Å². The molecule has 5 heteroatoms. The Morgan fingerprint density at radius 2 is 2.21 bits per heavy atom. The normalized spacial score (nSPS) is 12.1. The van der Waals surface area contributed by atoms with Crippen LogP contribution in [0, 0.1) is 0 Å². The van der Waals surface area contributed by atoms with E-state index in [0.29, 0.717) is 15.9 Å². The predicted molar refractivity (Wildman–Crippen MR) is 57.8 cm³/mol. The van der Waals surface area contributed by atoms with Crippen LogP contribution in [0.15, 0.2) is 22.7 Å². The van der Waals surface area contributed by atoms with Gasteiger partial charge in [-0.05, 0) is 35.0 Å². The molecule has 0 saturated carbocycles. The van der Waals surface area contributed by atoms with E-state index in [9.17, 15) is 4.79 Å². The van der Waals surface area contributed by atoms with Crippen molar-refractivity contribution < 1.29 is 9.53 Å². The zero-order valence-electron chi connectivity index (χ0n) is 7.66. The van der Waals surface area contributed by atoms with Crippen molar-refractivity contribution in [2.45, 2.75) is 13.0 Å². The number of anilines is 1. The number of halogens is 1. The van der Waals surface area contributed by atoms with Crippen LogP contribution in [0.3, 0.4) is 0 Å². The monoisotopic (exact) mass is 258 g/mol. The lowest BCUT2D eigenvalue weighted by Crippen LogP contribution is -2.30. The van der Waals surface area contributed by atoms with Crippen molar-refractivity contribution in [3.8, 4) is 5.75 Å². The number of benzene rings is 1. The van der Waals surface area contributed by atoms with E-state index in [-0.39, 0.29) is 0 Å². The summed E-state index contributed by atoms with van der Waals surface area (Å²) in [5, 5.41) is 0. The highest BCUT2D eigenvalue weighted by atomic mass is 79.9. The first-order valence-corrected chi connectivity index (χ1v) is 4.81. The van der Waals surface area contributed by atoms with E-state index >= 15 is 0 Å². The Morgan fingerprint density at radius 3 is 2.79 bits per heavy atom.